The van der Waals surface area contributed by atoms with E-state index in [1.54, 1.807) is 6.92 Å². The molecule has 0 spiro atoms. The number of ether oxygens (including phenoxy) is 1. The smallest absolute Gasteiger partial charge is 0.343 e. The minimum atomic E-state index is -0.371. The van der Waals surface area contributed by atoms with Crippen LogP contribution in [0.5, 0.6) is 0 Å². The normalized spacial score (nSPS) is 17.3. The van der Waals surface area contributed by atoms with Gasteiger partial charge in [-0.05, 0) is 38.8 Å². The fourth-order valence-corrected chi connectivity index (χ4v) is 3.13. The topological polar surface area (TPSA) is 81.4 Å². The average Bonchev–Trinajstić information content (AvgIpc) is 3.20. The summed E-state index contributed by atoms with van der Waals surface area (Å²) in [6, 6.07) is 4.02. The fourth-order valence-electron chi connectivity index (χ4n) is 3.13. The molecule has 25 heavy (non-hydrogen) atoms. The van der Waals surface area contributed by atoms with Crippen molar-refractivity contribution in [2.75, 3.05) is 18.1 Å². The lowest BCUT2D eigenvalue weighted by atomic mass is 10.1. The van der Waals surface area contributed by atoms with Crippen LogP contribution in [0.3, 0.4) is 0 Å². The summed E-state index contributed by atoms with van der Waals surface area (Å²) in [6.07, 6.45) is 2.00. The van der Waals surface area contributed by atoms with Crippen molar-refractivity contribution < 1.29 is 14.1 Å². The third-order valence-electron chi connectivity index (χ3n) is 4.48. The Hall–Kier alpha value is -2.44. The molecule has 7 nitrogen and oxygen atoms in total. The Bertz CT molecular complexity index is 739. The standard InChI is InChI=1S/C18H24N4O3/c1-11(2)17-16(13(4)21-25-17)18(23)24-10-14-6-5-9-22(14)15-8-7-12(3)19-20-15/h7-8,11,14H,5-6,9-10H2,1-4H3. The number of carbonyl (C=O) groups is 1. The van der Waals surface area contributed by atoms with E-state index in [0.717, 1.165) is 30.9 Å². The lowest BCUT2D eigenvalue weighted by molar-refractivity contribution is 0.0478. The van der Waals surface area contributed by atoms with Crippen molar-refractivity contribution in [3.05, 3.63) is 34.8 Å². The third-order valence-corrected chi connectivity index (χ3v) is 4.48. The number of aryl methyl sites for hydroxylation is 2. The first-order valence-electron chi connectivity index (χ1n) is 8.67. The number of esters is 1. The molecule has 0 amide bonds. The van der Waals surface area contributed by atoms with Crippen molar-refractivity contribution >= 4 is 11.8 Å². The monoisotopic (exact) mass is 344 g/mol. The Morgan fingerprint density at radius 1 is 1.36 bits per heavy atom. The first-order chi connectivity index (χ1) is 12.0. The summed E-state index contributed by atoms with van der Waals surface area (Å²) in [7, 11) is 0. The fraction of sp³-hybridized carbons (Fsp3) is 0.556. The molecular weight excluding hydrogens is 320 g/mol. The molecule has 1 atom stereocenters. The van der Waals surface area contributed by atoms with E-state index in [2.05, 4.69) is 20.3 Å². The summed E-state index contributed by atoms with van der Waals surface area (Å²) < 4.78 is 10.9. The zero-order valence-corrected chi connectivity index (χ0v) is 15.2. The van der Waals surface area contributed by atoms with Crippen LogP contribution < -0.4 is 4.90 Å². The summed E-state index contributed by atoms with van der Waals surface area (Å²) >= 11 is 0. The highest BCUT2D eigenvalue weighted by Crippen LogP contribution is 2.26. The third kappa shape index (κ3) is 3.65. The summed E-state index contributed by atoms with van der Waals surface area (Å²) in [5.41, 5.74) is 1.91. The molecular formula is C18H24N4O3. The molecule has 1 saturated heterocycles. The highest BCUT2D eigenvalue weighted by atomic mass is 16.5. The predicted octanol–water partition coefficient (Wildman–Crippen LogP) is 3.03. The largest absolute Gasteiger partial charge is 0.460 e. The van der Waals surface area contributed by atoms with E-state index < -0.39 is 0 Å². The molecule has 0 saturated carbocycles. The van der Waals surface area contributed by atoms with Crippen molar-refractivity contribution in [3.63, 3.8) is 0 Å². The van der Waals surface area contributed by atoms with Crippen molar-refractivity contribution in [3.8, 4) is 0 Å². The van der Waals surface area contributed by atoms with Gasteiger partial charge >= 0.3 is 5.97 Å². The highest BCUT2D eigenvalue weighted by Gasteiger charge is 2.29. The summed E-state index contributed by atoms with van der Waals surface area (Å²) in [4.78, 5) is 14.7. The van der Waals surface area contributed by atoms with Gasteiger partial charge in [-0.3, -0.25) is 0 Å². The molecule has 0 N–H and O–H groups in total. The Labute approximate surface area is 147 Å². The maximum atomic E-state index is 12.5. The van der Waals surface area contributed by atoms with Gasteiger partial charge in [0, 0.05) is 12.5 Å². The molecule has 0 aliphatic carbocycles. The number of carbonyl (C=O) groups excluding carboxylic acids is 1. The van der Waals surface area contributed by atoms with E-state index >= 15 is 0 Å². The van der Waals surface area contributed by atoms with Crippen LogP contribution in [-0.4, -0.2) is 40.5 Å². The van der Waals surface area contributed by atoms with Gasteiger partial charge in [-0.1, -0.05) is 19.0 Å². The molecule has 1 aliphatic rings. The summed E-state index contributed by atoms with van der Waals surface area (Å²) in [6.45, 7) is 8.81. The second-order valence-electron chi connectivity index (χ2n) is 6.78. The first-order valence-corrected chi connectivity index (χ1v) is 8.67. The van der Waals surface area contributed by atoms with Crippen LogP contribution >= 0.6 is 0 Å². The lowest BCUT2D eigenvalue weighted by Crippen LogP contribution is -2.34. The van der Waals surface area contributed by atoms with Crippen LogP contribution in [0.25, 0.3) is 0 Å². The second-order valence-corrected chi connectivity index (χ2v) is 6.78. The zero-order chi connectivity index (χ0) is 18.0. The molecule has 3 heterocycles. The van der Waals surface area contributed by atoms with Crippen LogP contribution in [0.15, 0.2) is 16.7 Å². The molecule has 2 aromatic heterocycles. The molecule has 134 valence electrons. The summed E-state index contributed by atoms with van der Waals surface area (Å²) in [5, 5.41) is 12.3. The van der Waals surface area contributed by atoms with E-state index in [-0.39, 0.29) is 17.9 Å². The minimum absolute atomic E-state index is 0.0783. The number of nitrogens with zero attached hydrogens (tertiary/aromatic N) is 4. The number of hydrogen-bond donors (Lipinski definition) is 0. The maximum Gasteiger partial charge on any atom is 0.343 e. The molecule has 1 unspecified atom stereocenters. The first kappa shape index (κ1) is 17.4. The Kier molecular flexibility index (Phi) is 5.01. The highest BCUT2D eigenvalue weighted by molar-refractivity contribution is 5.91. The van der Waals surface area contributed by atoms with E-state index in [1.165, 1.54) is 0 Å². The van der Waals surface area contributed by atoms with Crippen LogP contribution in [-0.2, 0) is 4.74 Å². The van der Waals surface area contributed by atoms with Crippen LogP contribution in [0, 0.1) is 13.8 Å². The SMILES string of the molecule is Cc1ccc(N2CCCC2COC(=O)c2c(C)noc2C(C)C)nn1. The molecule has 3 rings (SSSR count). The molecule has 1 fully saturated rings. The second kappa shape index (κ2) is 7.21. The van der Waals surface area contributed by atoms with Gasteiger partial charge in [0.1, 0.15) is 12.2 Å². The van der Waals surface area contributed by atoms with E-state index in [1.807, 2.05) is 32.9 Å². The predicted molar refractivity (Wildman–Crippen MR) is 92.7 cm³/mol. The minimum Gasteiger partial charge on any atom is -0.460 e. The van der Waals surface area contributed by atoms with Crippen molar-refractivity contribution in [1.29, 1.82) is 0 Å². The van der Waals surface area contributed by atoms with Crippen LogP contribution in [0.2, 0.25) is 0 Å². The van der Waals surface area contributed by atoms with E-state index in [4.69, 9.17) is 9.26 Å². The molecule has 7 heteroatoms. The maximum absolute atomic E-state index is 12.5. The van der Waals surface area contributed by atoms with E-state index in [9.17, 15) is 4.79 Å². The van der Waals surface area contributed by atoms with E-state index in [0.29, 0.717) is 23.6 Å². The van der Waals surface area contributed by atoms with Gasteiger partial charge in [0.25, 0.3) is 0 Å². The van der Waals surface area contributed by atoms with Gasteiger partial charge in [-0.15, -0.1) is 5.10 Å². The number of rotatable bonds is 5. The lowest BCUT2D eigenvalue weighted by Gasteiger charge is -2.24. The Balaban J connectivity index is 1.67. The van der Waals surface area contributed by atoms with Crippen molar-refractivity contribution in [2.45, 2.75) is 52.5 Å². The van der Waals surface area contributed by atoms with Gasteiger partial charge in [-0.2, -0.15) is 5.10 Å². The molecule has 0 bridgehead atoms. The zero-order valence-electron chi connectivity index (χ0n) is 15.2. The van der Waals surface area contributed by atoms with Gasteiger partial charge in [-0.25, -0.2) is 4.79 Å². The van der Waals surface area contributed by atoms with Crippen LogP contribution in [0.4, 0.5) is 5.82 Å². The molecule has 0 radical (unpaired) electrons. The quantitative estimate of drug-likeness (QED) is 0.771. The average molecular weight is 344 g/mol. The Morgan fingerprint density at radius 2 is 2.16 bits per heavy atom. The Morgan fingerprint density at radius 3 is 2.84 bits per heavy atom. The van der Waals surface area contributed by atoms with Crippen molar-refractivity contribution in [2.24, 2.45) is 0 Å². The number of anilines is 1. The number of hydrogen-bond acceptors (Lipinski definition) is 7. The van der Waals surface area contributed by atoms with Gasteiger partial charge in [0.15, 0.2) is 11.6 Å². The summed E-state index contributed by atoms with van der Waals surface area (Å²) in [5.74, 6) is 1.11. The molecule has 2 aromatic rings. The molecule has 0 aromatic carbocycles. The van der Waals surface area contributed by atoms with Gasteiger partial charge < -0.3 is 14.2 Å². The molecule has 1 aliphatic heterocycles. The number of aromatic nitrogens is 3. The van der Waals surface area contributed by atoms with Crippen LogP contribution in [0.1, 0.15) is 60.1 Å². The van der Waals surface area contributed by atoms with Gasteiger partial charge in [0.05, 0.1) is 17.4 Å². The van der Waals surface area contributed by atoms with Gasteiger partial charge in [0.2, 0.25) is 0 Å². The van der Waals surface area contributed by atoms with Crippen molar-refractivity contribution in [1.82, 2.24) is 15.4 Å².